The molecule has 2 N–H and O–H groups in total. The second-order valence-electron chi connectivity index (χ2n) is 6.57. The van der Waals surface area contributed by atoms with Gasteiger partial charge in [-0.3, -0.25) is 0 Å². The summed E-state index contributed by atoms with van der Waals surface area (Å²) in [5.41, 5.74) is 0.449. The molecule has 0 saturated carbocycles. The predicted molar refractivity (Wildman–Crippen MR) is 87.8 cm³/mol. The van der Waals surface area contributed by atoms with Crippen LogP contribution in [0.3, 0.4) is 0 Å². The van der Waals surface area contributed by atoms with Gasteiger partial charge >= 0.3 is 0 Å². The van der Waals surface area contributed by atoms with Crippen molar-refractivity contribution in [3.8, 4) is 5.75 Å². The number of nitrogens with one attached hydrogen (secondary N) is 1. The number of hydrogen-bond acceptors (Lipinski definition) is 4. The average molecular weight is 294 g/mol. The van der Waals surface area contributed by atoms with Gasteiger partial charge in [-0.15, -0.1) is 0 Å². The van der Waals surface area contributed by atoms with Crippen molar-refractivity contribution in [3.63, 3.8) is 0 Å². The average Bonchev–Trinajstić information content (AvgIpc) is 2.34. The monoisotopic (exact) mass is 294 g/mol. The Labute approximate surface area is 129 Å². The van der Waals surface area contributed by atoms with Crippen LogP contribution >= 0.6 is 0 Å². The first-order chi connectivity index (χ1) is 9.69. The third-order valence-corrected chi connectivity index (χ3v) is 3.20. The maximum Gasteiger partial charge on any atom is 0.119 e. The maximum atomic E-state index is 10.3. The summed E-state index contributed by atoms with van der Waals surface area (Å²) >= 11 is 0. The zero-order valence-electron chi connectivity index (χ0n) is 14.2. The molecule has 2 atom stereocenters. The van der Waals surface area contributed by atoms with Crippen molar-refractivity contribution in [1.29, 1.82) is 0 Å². The molecular weight excluding hydrogens is 264 g/mol. The fourth-order valence-electron chi connectivity index (χ4n) is 2.34. The van der Waals surface area contributed by atoms with E-state index in [2.05, 4.69) is 24.4 Å². The maximum absolute atomic E-state index is 10.3. The van der Waals surface area contributed by atoms with Gasteiger partial charge in [0.2, 0.25) is 0 Å². The Morgan fingerprint density at radius 2 is 1.76 bits per heavy atom. The minimum Gasteiger partial charge on any atom is -0.491 e. The lowest BCUT2D eigenvalue weighted by atomic mass is 10.0. The van der Waals surface area contributed by atoms with Crippen molar-refractivity contribution >= 4 is 0 Å². The predicted octanol–water partition coefficient (Wildman–Crippen LogP) is 2.44. The second-order valence-corrected chi connectivity index (χ2v) is 6.57. The van der Waals surface area contributed by atoms with Gasteiger partial charge in [-0.25, -0.2) is 0 Å². The van der Waals surface area contributed by atoms with Crippen molar-refractivity contribution < 1.29 is 9.84 Å². The number of rotatable bonds is 8. The molecule has 0 saturated heterocycles. The van der Waals surface area contributed by atoms with Crippen molar-refractivity contribution in [1.82, 2.24) is 10.2 Å². The van der Waals surface area contributed by atoms with E-state index in [0.717, 1.165) is 5.75 Å². The van der Waals surface area contributed by atoms with Gasteiger partial charge in [-0.2, -0.15) is 0 Å². The SMILES string of the molecule is CC(C)Oc1ccc(C(C)NCC(C)(O)CN(C)C)cc1. The summed E-state index contributed by atoms with van der Waals surface area (Å²) in [4.78, 5) is 1.99. The van der Waals surface area contributed by atoms with Crippen LogP contribution in [0.2, 0.25) is 0 Å². The van der Waals surface area contributed by atoms with E-state index in [4.69, 9.17) is 4.74 Å². The quantitative estimate of drug-likeness (QED) is 0.773. The van der Waals surface area contributed by atoms with Crippen LogP contribution in [-0.2, 0) is 0 Å². The van der Waals surface area contributed by atoms with Crippen LogP contribution in [0.15, 0.2) is 24.3 Å². The molecule has 4 nitrogen and oxygen atoms in total. The Morgan fingerprint density at radius 1 is 1.19 bits per heavy atom. The first kappa shape index (κ1) is 18.0. The zero-order chi connectivity index (χ0) is 16.0. The van der Waals surface area contributed by atoms with Crippen LogP contribution in [0.25, 0.3) is 0 Å². The van der Waals surface area contributed by atoms with E-state index in [1.54, 1.807) is 0 Å². The van der Waals surface area contributed by atoms with Gasteiger partial charge in [-0.1, -0.05) is 12.1 Å². The molecule has 0 aliphatic heterocycles. The lowest BCUT2D eigenvalue weighted by Crippen LogP contribution is -2.46. The Morgan fingerprint density at radius 3 is 2.24 bits per heavy atom. The molecule has 0 bridgehead atoms. The summed E-state index contributed by atoms with van der Waals surface area (Å²) < 4.78 is 5.64. The fourth-order valence-corrected chi connectivity index (χ4v) is 2.34. The van der Waals surface area contributed by atoms with Crippen molar-refractivity contribution in [2.45, 2.75) is 45.4 Å². The molecule has 1 rings (SSSR count). The molecule has 2 unspecified atom stereocenters. The normalized spacial score (nSPS) is 16.0. The molecular formula is C17H30N2O2. The minimum atomic E-state index is -0.738. The molecule has 1 aromatic carbocycles. The molecule has 4 heteroatoms. The molecule has 0 aliphatic carbocycles. The van der Waals surface area contributed by atoms with Crippen LogP contribution in [0.4, 0.5) is 0 Å². The molecule has 21 heavy (non-hydrogen) atoms. The highest BCUT2D eigenvalue weighted by Gasteiger charge is 2.22. The Kier molecular flexibility index (Phi) is 6.65. The van der Waals surface area contributed by atoms with E-state index < -0.39 is 5.60 Å². The van der Waals surface area contributed by atoms with Crippen LogP contribution in [-0.4, -0.2) is 48.9 Å². The number of aliphatic hydroxyl groups is 1. The van der Waals surface area contributed by atoms with Gasteiger partial charge in [0.15, 0.2) is 0 Å². The van der Waals surface area contributed by atoms with E-state index in [-0.39, 0.29) is 12.1 Å². The smallest absolute Gasteiger partial charge is 0.119 e. The van der Waals surface area contributed by atoms with Crippen molar-refractivity contribution in [3.05, 3.63) is 29.8 Å². The van der Waals surface area contributed by atoms with E-state index >= 15 is 0 Å². The van der Waals surface area contributed by atoms with Gasteiger partial charge in [0.05, 0.1) is 11.7 Å². The van der Waals surface area contributed by atoms with Gasteiger partial charge in [0.1, 0.15) is 5.75 Å². The summed E-state index contributed by atoms with van der Waals surface area (Å²) in [6.07, 6.45) is 0.188. The van der Waals surface area contributed by atoms with Gasteiger partial charge in [0.25, 0.3) is 0 Å². The molecule has 0 radical (unpaired) electrons. The number of benzene rings is 1. The molecule has 120 valence electrons. The highest BCUT2D eigenvalue weighted by Crippen LogP contribution is 2.19. The lowest BCUT2D eigenvalue weighted by Gasteiger charge is -2.29. The Balaban J connectivity index is 2.53. The van der Waals surface area contributed by atoms with E-state index in [0.29, 0.717) is 13.1 Å². The number of likely N-dealkylation sites (N-methyl/N-ethyl adjacent to an activating group) is 1. The molecule has 0 fully saturated rings. The van der Waals surface area contributed by atoms with Crippen LogP contribution in [0.1, 0.15) is 39.3 Å². The highest BCUT2D eigenvalue weighted by molar-refractivity contribution is 5.29. The topological polar surface area (TPSA) is 44.7 Å². The molecule has 0 spiro atoms. The van der Waals surface area contributed by atoms with Crippen molar-refractivity contribution in [2.75, 3.05) is 27.2 Å². The summed E-state index contributed by atoms with van der Waals surface area (Å²) in [6.45, 7) is 9.18. The van der Waals surface area contributed by atoms with Crippen molar-refractivity contribution in [2.24, 2.45) is 0 Å². The summed E-state index contributed by atoms with van der Waals surface area (Å²) in [5, 5.41) is 13.7. The lowest BCUT2D eigenvalue weighted by molar-refractivity contribution is 0.0317. The number of ether oxygens (including phenoxy) is 1. The van der Waals surface area contributed by atoms with Gasteiger partial charge < -0.3 is 20.1 Å². The number of hydrogen-bond donors (Lipinski definition) is 2. The first-order valence-corrected chi connectivity index (χ1v) is 7.57. The number of nitrogens with zero attached hydrogens (tertiary/aromatic N) is 1. The molecule has 0 aromatic heterocycles. The zero-order valence-corrected chi connectivity index (χ0v) is 14.2. The minimum absolute atomic E-state index is 0.187. The summed E-state index contributed by atoms with van der Waals surface area (Å²) in [7, 11) is 3.93. The Hall–Kier alpha value is -1.10. The van der Waals surface area contributed by atoms with E-state index in [1.165, 1.54) is 5.56 Å². The Bertz CT molecular complexity index is 413. The van der Waals surface area contributed by atoms with E-state index in [1.807, 2.05) is 51.9 Å². The standard InChI is InChI=1S/C17H30N2O2/c1-13(2)21-16-9-7-15(8-10-16)14(3)18-11-17(4,20)12-19(5)6/h7-10,13-14,18,20H,11-12H2,1-6H3. The highest BCUT2D eigenvalue weighted by atomic mass is 16.5. The summed E-state index contributed by atoms with van der Waals surface area (Å²) in [5.74, 6) is 0.889. The fraction of sp³-hybridized carbons (Fsp3) is 0.647. The third kappa shape index (κ3) is 6.93. The van der Waals surface area contributed by atoms with Crippen LogP contribution in [0.5, 0.6) is 5.75 Å². The van der Waals surface area contributed by atoms with Crippen LogP contribution in [0, 0.1) is 0 Å². The molecule has 0 amide bonds. The molecule has 0 heterocycles. The van der Waals surface area contributed by atoms with E-state index in [9.17, 15) is 5.11 Å². The molecule has 0 aliphatic rings. The van der Waals surface area contributed by atoms with Crippen LogP contribution < -0.4 is 10.1 Å². The van der Waals surface area contributed by atoms with Gasteiger partial charge in [-0.05, 0) is 59.5 Å². The third-order valence-electron chi connectivity index (χ3n) is 3.20. The first-order valence-electron chi connectivity index (χ1n) is 7.57. The second kappa shape index (κ2) is 7.78. The largest absolute Gasteiger partial charge is 0.491 e. The molecule has 1 aromatic rings. The summed E-state index contributed by atoms with van der Waals surface area (Å²) in [6, 6.07) is 8.30. The van der Waals surface area contributed by atoms with Gasteiger partial charge in [0, 0.05) is 19.1 Å².